The zero-order chi connectivity index (χ0) is 19.1. The molecule has 0 spiro atoms. The summed E-state index contributed by atoms with van der Waals surface area (Å²) in [7, 11) is 0. The monoisotopic (exact) mass is 378 g/mol. The van der Waals surface area contributed by atoms with Gasteiger partial charge in [-0.3, -0.25) is 0 Å². The zero-order valence-electron chi connectivity index (χ0n) is 15.7. The normalized spacial score (nSPS) is 16.4. The lowest BCUT2D eigenvalue weighted by molar-refractivity contribution is 0.447. The SMILES string of the molecule is C[C@H]1CCCN(c2ccc(CNC(=S)Nc3ccc(CC#N)cc3)cc2)C1. The molecule has 1 atom stereocenters. The van der Waals surface area contributed by atoms with Gasteiger partial charge in [-0.1, -0.05) is 31.2 Å². The number of anilines is 2. The van der Waals surface area contributed by atoms with Crippen molar-refractivity contribution < 1.29 is 0 Å². The number of hydrogen-bond acceptors (Lipinski definition) is 3. The van der Waals surface area contributed by atoms with E-state index < -0.39 is 0 Å². The molecule has 0 unspecified atom stereocenters. The smallest absolute Gasteiger partial charge is 0.171 e. The van der Waals surface area contributed by atoms with E-state index in [0.717, 1.165) is 30.3 Å². The first kappa shape index (κ1) is 19.2. The van der Waals surface area contributed by atoms with Crippen molar-refractivity contribution in [3.8, 4) is 6.07 Å². The predicted octanol–water partition coefficient (Wildman–Crippen LogP) is 4.48. The Morgan fingerprint density at radius 3 is 2.52 bits per heavy atom. The molecule has 0 saturated carbocycles. The van der Waals surface area contributed by atoms with Crippen LogP contribution in [0.5, 0.6) is 0 Å². The Morgan fingerprint density at radius 2 is 1.85 bits per heavy atom. The van der Waals surface area contributed by atoms with Crippen LogP contribution in [0.1, 0.15) is 30.9 Å². The predicted molar refractivity (Wildman–Crippen MR) is 116 cm³/mol. The maximum atomic E-state index is 8.72. The van der Waals surface area contributed by atoms with Gasteiger partial charge >= 0.3 is 0 Å². The van der Waals surface area contributed by atoms with Crippen molar-refractivity contribution in [2.75, 3.05) is 23.3 Å². The fraction of sp³-hybridized carbons (Fsp3) is 0.364. The number of nitriles is 1. The second-order valence-electron chi connectivity index (χ2n) is 7.20. The maximum Gasteiger partial charge on any atom is 0.171 e. The van der Waals surface area contributed by atoms with Gasteiger partial charge < -0.3 is 15.5 Å². The van der Waals surface area contributed by atoms with Crippen molar-refractivity contribution in [3.63, 3.8) is 0 Å². The van der Waals surface area contributed by atoms with Gasteiger partial charge in [0.2, 0.25) is 0 Å². The van der Waals surface area contributed by atoms with Crippen LogP contribution in [0.25, 0.3) is 0 Å². The topological polar surface area (TPSA) is 51.1 Å². The highest BCUT2D eigenvalue weighted by molar-refractivity contribution is 7.80. The fourth-order valence-electron chi connectivity index (χ4n) is 3.40. The molecule has 0 bridgehead atoms. The lowest BCUT2D eigenvalue weighted by Gasteiger charge is -2.32. The molecule has 140 valence electrons. The molecule has 4 nitrogen and oxygen atoms in total. The van der Waals surface area contributed by atoms with Crippen molar-refractivity contribution >= 4 is 28.7 Å². The van der Waals surface area contributed by atoms with Crippen LogP contribution in [0.4, 0.5) is 11.4 Å². The largest absolute Gasteiger partial charge is 0.371 e. The minimum absolute atomic E-state index is 0.426. The molecule has 2 N–H and O–H groups in total. The standard InChI is InChI=1S/C22H26N4S/c1-17-3-2-14-26(16-17)21-10-6-19(7-11-21)15-24-22(27)25-20-8-4-18(5-9-20)12-13-23/h4-11,17H,2-3,12,14-16H2,1H3,(H2,24,25,27)/t17-/m0/s1. The van der Waals surface area contributed by atoms with Gasteiger partial charge in [0.15, 0.2) is 5.11 Å². The summed E-state index contributed by atoms with van der Waals surface area (Å²) in [5.74, 6) is 0.775. The summed E-state index contributed by atoms with van der Waals surface area (Å²) in [6.07, 6.45) is 3.04. The van der Waals surface area contributed by atoms with Crippen LogP contribution in [0.15, 0.2) is 48.5 Å². The Balaban J connectivity index is 1.48. The van der Waals surface area contributed by atoms with Crippen molar-refractivity contribution in [3.05, 3.63) is 59.7 Å². The molecule has 5 heteroatoms. The summed E-state index contributed by atoms with van der Waals surface area (Å²) < 4.78 is 0. The average Bonchev–Trinajstić information content (AvgIpc) is 2.68. The van der Waals surface area contributed by atoms with Crippen molar-refractivity contribution in [2.24, 2.45) is 5.92 Å². The van der Waals surface area contributed by atoms with Crippen LogP contribution < -0.4 is 15.5 Å². The third-order valence-corrected chi connectivity index (χ3v) is 5.15. The summed E-state index contributed by atoms with van der Waals surface area (Å²) >= 11 is 5.38. The molecule has 2 aromatic rings. The van der Waals surface area contributed by atoms with Crippen LogP contribution in [-0.4, -0.2) is 18.2 Å². The first-order valence-corrected chi connectivity index (χ1v) is 9.89. The Labute approximate surface area is 167 Å². The van der Waals surface area contributed by atoms with Crippen LogP contribution in [0.3, 0.4) is 0 Å². The minimum atomic E-state index is 0.426. The first-order chi connectivity index (χ1) is 13.1. The molecule has 1 fully saturated rings. The van der Waals surface area contributed by atoms with E-state index in [1.165, 1.54) is 24.1 Å². The summed E-state index contributed by atoms with van der Waals surface area (Å²) in [6, 6.07) is 18.7. The quantitative estimate of drug-likeness (QED) is 0.752. The Hall–Kier alpha value is -2.58. The lowest BCUT2D eigenvalue weighted by Crippen LogP contribution is -2.34. The summed E-state index contributed by atoms with van der Waals surface area (Å²) in [5, 5.41) is 15.7. The van der Waals surface area contributed by atoms with E-state index in [-0.39, 0.29) is 0 Å². The van der Waals surface area contributed by atoms with Gasteiger partial charge in [-0.15, -0.1) is 0 Å². The van der Waals surface area contributed by atoms with Crippen molar-refractivity contribution in [2.45, 2.75) is 32.7 Å². The number of rotatable bonds is 5. The second-order valence-corrected chi connectivity index (χ2v) is 7.61. The van der Waals surface area contributed by atoms with Gasteiger partial charge in [0.05, 0.1) is 12.5 Å². The fourth-order valence-corrected chi connectivity index (χ4v) is 3.59. The van der Waals surface area contributed by atoms with Crippen LogP contribution in [0.2, 0.25) is 0 Å². The number of hydrogen-bond donors (Lipinski definition) is 2. The molecule has 0 aromatic heterocycles. The van der Waals surface area contributed by atoms with E-state index in [1.54, 1.807) is 0 Å². The number of benzene rings is 2. The van der Waals surface area contributed by atoms with E-state index >= 15 is 0 Å². The molecule has 0 radical (unpaired) electrons. The van der Waals surface area contributed by atoms with Gasteiger partial charge in [-0.05, 0) is 66.4 Å². The number of piperidine rings is 1. The number of nitrogens with one attached hydrogen (secondary N) is 2. The zero-order valence-corrected chi connectivity index (χ0v) is 16.6. The summed E-state index contributed by atoms with van der Waals surface area (Å²) in [6.45, 7) is 5.33. The molecule has 1 saturated heterocycles. The highest BCUT2D eigenvalue weighted by Gasteiger charge is 2.16. The highest BCUT2D eigenvalue weighted by atomic mass is 32.1. The third-order valence-electron chi connectivity index (χ3n) is 4.91. The van der Waals surface area contributed by atoms with Crippen molar-refractivity contribution in [1.29, 1.82) is 5.26 Å². The van der Waals surface area contributed by atoms with Crippen LogP contribution in [0, 0.1) is 17.2 Å². The van der Waals surface area contributed by atoms with E-state index in [9.17, 15) is 0 Å². The molecule has 1 aliphatic heterocycles. The van der Waals surface area contributed by atoms with Gasteiger partial charge in [-0.2, -0.15) is 5.26 Å². The highest BCUT2D eigenvalue weighted by Crippen LogP contribution is 2.23. The molecular formula is C22H26N4S. The summed E-state index contributed by atoms with van der Waals surface area (Å²) in [4.78, 5) is 2.48. The Morgan fingerprint density at radius 1 is 1.15 bits per heavy atom. The molecule has 1 aliphatic rings. The molecular weight excluding hydrogens is 352 g/mol. The molecule has 0 amide bonds. The van der Waals surface area contributed by atoms with Gasteiger partial charge in [0, 0.05) is 31.0 Å². The second kappa shape index (κ2) is 9.38. The van der Waals surface area contributed by atoms with Crippen LogP contribution >= 0.6 is 12.2 Å². The molecule has 3 rings (SSSR count). The van der Waals surface area contributed by atoms with Crippen LogP contribution in [-0.2, 0) is 13.0 Å². The van der Waals surface area contributed by atoms with E-state index in [2.05, 4.69) is 52.8 Å². The molecule has 27 heavy (non-hydrogen) atoms. The Kier molecular flexibility index (Phi) is 6.67. The number of nitrogens with zero attached hydrogens (tertiary/aromatic N) is 2. The first-order valence-electron chi connectivity index (χ1n) is 9.48. The van der Waals surface area contributed by atoms with Gasteiger partial charge in [0.25, 0.3) is 0 Å². The van der Waals surface area contributed by atoms with Gasteiger partial charge in [0.1, 0.15) is 0 Å². The molecule has 2 aromatic carbocycles. The van der Waals surface area contributed by atoms with Crippen molar-refractivity contribution in [1.82, 2.24) is 5.32 Å². The summed E-state index contributed by atoms with van der Waals surface area (Å²) in [5.41, 5.74) is 4.44. The van der Waals surface area contributed by atoms with E-state index in [1.807, 2.05) is 24.3 Å². The average molecular weight is 379 g/mol. The molecule has 1 heterocycles. The van der Waals surface area contributed by atoms with E-state index in [0.29, 0.717) is 18.1 Å². The number of thiocarbonyl (C=S) groups is 1. The lowest BCUT2D eigenvalue weighted by atomic mass is 9.99. The minimum Gasteiger partial charge on any atom is -0.371 e. The maximum absolute atomic E-state index is 8.72. The molecule has 0 aliphatic carbocycles. The third kappa shape index (κ3) is 5.70. The van der Waals surface area contributed by atoms with Gasteiger partial charge in [-0.25, -0.2) is 0 Å². The van der Waals surface area contributed by atoms with E-state index in [4.69, 9.17) is 17.5 Å². The Bertz CT molecular complexity index is 793.